The Kier molecular flexibility index (Phi) is 6.42. The molecule has 1 N–H and O–H groups in total. The molecule has 1 fully saturated rings. The van der Waals surface area contributed by atoms with E-state index in [4.69, 9.17) is 0 Å². The van der Waals surface area contributed by atoms with Crippen LogP contribution in [-0.4, -0.2) is 35.7 Å². The van der Waals surface area contributed by atoms with E-state index in [9.17, 15) is 13.7 Å². The maximum Gasteiger partial charge on any atom is 0.213 e. The van der Waals surface area contributed by atoms with Crippen LogP contribution in [0.1, 0.15) is 29.5 Å². The average Bonchev–Trinajstić information content (AvgIpc) is 3.49. The highest BCUT2D eigenvalue weighted by Crippen LogP contribution is 2.35. The second-order valence-corrected chi connectivity index (χ2v) is 8.64. The lowest BCUT2D eigenvalue weighted by atomic mass is 9.93. The zero-order chi connectivity index (χ0) is 20.3. The summed E-state index contributed by atoms with van der Waals surface area (Å²) >= 11 is -1.14. The smallest absolute Gasteiger partial charge is 0.213 e. The minimum Gasteiger partial charge on any atom is -0.612 e. The van der Waals surface area contributed by atoms with Gasteiger partial charge in [0.2, 0.25) is 6.41 Å². The maximum absolute atomic E-state index is 13.7. The molecule has 6 heteroatoms. The Morgan fingerprint density at radius 3 is 2.64 bits per heavy atom. The van der Waals surface area contributed by atoms with Gasteiger partial charge < -0.3 is 14.8 Å². The number of hydrogen-bond acceptors (Lipinski definition) is 3. The fourth-order valence-electron chi connectivity index (χ4n) is 3.10. The summed E-state index contributed by atoms with van der Waals surface area (Å²) in [6.45, 7) is 2.72. The van der Waals surface area contributed by atoms with E-state index in [-0.39, 0.29) is 5.82 Å². The Labute approximate surface area is 168 Å². The molecule has 1 saturated carbocycles. The highest BCUT2D eigenvalue weighted by molar-refractivity contribution is 7.90. The van der Waals surface area contributed by atoms with Gasteiger partial charge in [-0.25, -0.2) is 4.39 Å². The number of carbonyl (C=O) groups excluding carboxylic acids is 1. The summed E-state index contributed by atoms with van der Waals surface area (Å²) in [7, 11) is 1.66. The molecule has 1 atom stereocenters. The quantitative estimate of drug-likeness (QED) is 0.534. The van der Waals surface area contributed by atoms with Crippen molar-refractivity contribution in [1.82, 2.24) is 4.90 Å². The number of anilines is 1. The summed E-state index contributed by atoms with van der Waals surface area (Å²) in [6.07, 6.45) is 6.55. The largest absolute Gasteiger partial charge is 0.612 e. The topological polar surface area (TPSA) is 55.4 Å². The Hall–Kier alpha value is -2.31. The Morgan fingerprint density at radius 1 is 1.29 bits per heavy atom. The first kappa shape index (κ1) is 20.4. The van der Waals surface area contributed by atoms with Crippen molar-refractivity contribution in [3.63, 3.8) is 0 Å². The third-order valence-corrected chi connectivity index (χ3v) is 5.79. The molecule has 28 heavy (non-hydrogen) atoms. The van der Waals surface area contributed by atoms with Crippen LogP contribution in [-0.2, 0) is 16.0 Å². The Balaban J connectivity index is 2.14. The van der Waals surface area contributed by atoms with Crippen LogP contribution < -0.4 is 5.32 Å². The lowest BCUT2D eigenvalue weighted by Crippen LogP contribution is -2.11. The van der Waals surface area contributed by atoms with Crippen LogP contribution in [0.25, 0.3) is 5.57 Å². The Morgan fingerprint density at radius 2 is 2.04 bits per heavy atom. The van der Waals surface area contributed by atoms with E-state index in [1.165, 1.54) is 29.9 Å². The van der Waals surface area contributed by atoms with Crippen molar-refractivity contribution in [3.8, 4) is 0 Å². The fourth-order valence-corrected chi connectivity index (χ4v) is 3.65. The lowest BCUT2D eigenvalue weighted by Gasteiger charge is -2.19. The van der Waals surface area contributed by atoms with Crippen LogP contribution in [0.2, 0.25) is 0 Å². The molecule has 148 valence electrons. The van der Waals surface area contributed by atoms with Crippen LogP contribution in [0.3, 0.4) is 0 Å². The first-order valence-electron chi connectivity index (χ1n) is 9.26. The average molecular weight is 401 g/mol. The van der Waals surface area contributed by atoms with Gasteiger partial charge in [-0.05, 0) is 72.3 Å². The predicted octanol–water partition coefficient (Wildman–Crippen LogP) is 4.17. The van der Waals surface area contributed by atoms with Gasteiger partial charge in [-0.3, -0.25) is 4.79 Å². The van der Waals surface area contributed by atoms with E-state index in [1.54, 1.807) is 25.6 Å². The normalized spacial score (nSPS) is 15.2. The molecule has 0 heterocycles. The summed E-state index contributed by atoms with van der Waals surface area (Å²) in [5.74, 6) is 0.380. The molecule has 1 unspecified atom stereocenters. The molecule has 0 spiro atoms. The highest BCUT2D eigenvalue weighted by atomic mass is 32.2. The van der Waals surface area contributed by atoms with Gasteiger partial charge in [-0.2, -0.15) is 0 Å². The molecule has 1 aliphatic rings. The van der Waals surface area contributed by atoms with Gasteiger partial charge in [0.05, 0.1) is 0 Å². The maximum atomic E-state index is 13.7. The molecule has 2 aromatic carbocycles. The molecule has 3 rings (SSSR count). The third-order valence-electron chi connectivity index (χ3n) is 4.87. The number of carbonyl (C=O) groups is 1. The van der Waals surface area contributed by atoms with Crippen molar-refractivity contribution in [2.75, 3.05) is 25.2 Å². The first-order chi connectivity index (χ1) is 13.4. The van der Waals surface area contributed by atoms with Crippen LogP contribution in [0.4, 0.5) is 10.1 Å². The van der Waals surface area contributed by atoms with Gasteiger partial charge in [-0.1, -0.05) is 6.07 Å². The molecule has 4 nitrogen and oxygen atoms in total. The number of amides is 1. The monoisotopic (exact) mass is 400 g/mol. The number of rotatable bonds is 8. The van der Waals surface area contributed by atoms with E-state index in [0.29, 0.717) is 10.8 Å². The molecule has 0 radical (unpaired) electrons. The molecule has 0 aliphatic heterocycles. The van der Waals surface area contributed by atoms with E-state index in [0.717, 1.165) is 40.9 Å². The SMILES string of the molecule is Cc1cc(F)ccc1/C(=C\N(C)C=O)c1cc([S+](C)[O-])ccc1NCC1CC1. The number of benzene rings is 2. The van der Waals surface area contributed by atoms with Gasteiger partial charge in [0.1, 0.15) is 12.1 Å². The number of nitrogens with zero attached hydrogens (tertiary/aromatic N) is 1. The third kappa shape index (κ3) is 4.94. The lowest BCUT2D eigenvalue weighted by molar-refractivity contribution is -0.114. The van der Waals surface area contributed by atoms with E-state index < -0.39 is 11.2 Å². The van der Waals surface area contributed by atoms with Gasteiger partial charge in [-0.15, -0.1) is 0 Å². The van der Waals surface area contributed by atoms with Crippen molar-refractivity contribution in [1.29, 1.82) is 0 Å². The number of hydrogen-bond donors (Lipinski definition) is 1. The molecule has 2 aromatic rings. The Bertz CT molecular complexity index is 894. The number of halogens is 1. The molecular weight excluding hydrogens is 375 g/mol. The van der Waals surface area contributed by atoms with Gasteiger partial charge in [0.25, 0.3) is 0 Å². The molecular formula is C22H25FN2O2S. The summed E-state index contributed by atoms with van der Waals surface area (Å²) in [5, 5.41) is 3.49. The van der Waals surface area contributed by atoms with Gasteiger partial charge >= 0.3 is 0 Å². The summed E-state index contributed by atoms with van der Waals surface area (Å²) in [5.41, 5.74) is 4.12. The van der Waals surface area contributed by atoms with Crippen molar-refractivity contribution < 1.29 is 13.7 Å². The van der Waals surface area contributed by atoms with Crippen LogP contribution in [0.15, 0.2) is 47.5 Å². The van der Waals surface area contributed by atoms with E-state index in [1.807, 2.05) is 25.1 Å². The van der Waals surface area contributed by atoms with Gasteiger partial charge in [0.15, 0.2) is 4.90 Å². The van der Waals surface area contributed by atoms with E-state index in [2.05, 4.69) is 5.32 Å². The minimum absolute atomic E-state index is 0.306. The summed E-state index contributed by atoms with van der Waals surface area (Å²) in [4.78, 5) is 13.4. The molecule has 1 amide bonds. The first-order valence-corrected chi connectivity index (χ1v) is 10.8. The number of nitrogens with one attached hydrogen (secondary N) is 1. The van der Waals surface area contributed by atoms with Crippen LogP contribution in [0.5, 0.6) is 0 Å². The van der Waals surface area contributed by atoms with Crippen LogP contribution in [0, 0.1) is 18.7 Å². The predicted molar refractivity (Wildman–Crippen MR) is 112 cm³/mol. The zero-order valence-electron chi connectivity index (χ0n) is 16.4. The second kappa shape index (κ2) is 8.80. The van der Waals surface area contributed by atoms with Gasteiger partial charge in [0, 0.05) is 42.7 Å². The highest BCUT2D eigenvalue weighted by Gasteiger charge is 2.22. The zero-order valence-corrected chi connectivity index (χ0v) is 17.2. The molecule has 0 saturated heterocycles. The van der Waals surface area contributed by atoms with E-state index >= 15 is 0 Å². The standard InChI is InChI=1S/C22H25FN2O2S/c1-15-10-17(23)6-8-19(15)21(13-25(2)14-26)20-11-18(28(3)27)7-9-22(20)24-12-16-4-5-16/h6-11,13-14,16,24H,4-5,12H2,1-3H3/b21-13+. The second-order valence-electron chi connectivity index (χ2n) is 7.26. The van der Waals surface area contributed by atoms with Crippen LogP contribution >= 0.6 is 0 Å². The fraction of sp³-hybridized carbons (Fsp3) is 0.318. The minimum atomic E-state index is -1.14. The summed E-state index contributed by atoms with van der Waals surface area (Å²) < 4.78 is 25.8. The number of aryl methyl sites for hydroxylation is 1. The van der Waals surface area contributed by atoms with Crippen molar-refractivity contribution in [3.05, 3.63) is 65.1 Å². The summed E-state index contributed by atoms with van der Waals surface area (Å²) in [6, 6.07) is 10.3. The molecule has 0 bridgehead atoms. The van der Waals surface area contributed by atoms with Crippen molar-refractivity contribution >= 4 is 28.8 Å². The molecule has 0 aromatic heterocycles. The van der Waals surface area contributed by atoms with Crippen molar-refractivity contribution in [2.45, 2.75) is 24.7 Å². The molecule has 1 aliphatic carbocycles. The van der Waals surface area contributed by atoms with Crippen molar-refractivity contribution in [2.24, 2.45) is 5.92 Å².